The summed E-state index contributed by atoms with van der Waals surface area (Å²) in [5.41, 5.74) is 10.5. The summed E-state index contributed by atoms with van der Waals surface area (Å²) in [6.07, 6.45) is 2.89. The van der Waals surface area contributed by atoms with Crippen LogP contribution in [0.15, 0.2) is 24.4 Å². The normalized spacial score (nSPS) is 11.8. The SMILES string of the molecule is Cc1ccc(-c2nn(CCS(C)(=O)=O)cc2N)c(C)c1. The van der Waals surface area contributed by atoms with E-state index in [1.165, 1.54) is 11.8 Å². The molecule has 20 heavy (non-hydrogen) atoms. The smallest absolute Gasteiger partial charge is 0.149 e. The van der Waals surface area contributed by atoms with Crippen LogP contribution in [-0.4, -0.2) is 30.2 Å². The lowest BCUT2D eigenvalue weighted by Gasteiger charge is -2.05. The van der Waals surface area contributed by atoms with Crippen molar-refractivity contribution in [3.8, 4) is 11.3 Å². The molecule has 5 nitrogen and oxygen atoms in total. The Morgan fingerprint density at radius 1 is 1.30 bits per heavy atom. The molecular weight excluding hydrogens is 274 g/mol. The van der Waals surface area contributed by atoms with Gasteiger partial charge < -0.3 is 5.73 Å². The topological polar surface area (TPSA) is 78.0 Å². The molecule has 0 amide bonds. The van der Waals surface area contributed by atoms with E-state index in [9.17, 15) is 8.42 Å². The van der Waals surface area contributed by atoms with Crippen LogP contribution < -0.4 is 5.73 Å². The van der Waals surface area contributed by atoms with Crippen LogP contribution >= 0.6 is 0 Å². The van der Waals surface area contributed by atoms with Gasteiger partial charge in [0, 0.05) is 18.0 Å². The minimum atomic E-state index is -3.01. The van der Waals surface area contributed by atoms with E-state index in [1.807, 2.05) is 26.0 Å². The quantitative estimate of drug-likeness (QED) is 0.932. The molecule has 0 aliphatic carbocycles. The van der Waals surface area contributed by atoms with Crippen LogP contribution in [0.1, 0.15) is 11.1 Å². The second-order valence-electron chi connectivity index (χ2n) is 5.14. The zero-order chi connectivity index (χ0) is 14.9. The zero-order valence-electron chi connectivity index (χ0n) is 11.9. The predicted molar refractivity (Wildman–Crippen MR) is 81.3 cm³/mol. The Hall–Kier alpha value is -1.82. The van der Waals surface area contributed by atoms with Gasteiger partial charge in [0.25, 0.3) is 0 Å². The number of aromatic nitrogens is 2. The summed E-state index contributed by atoms with van der Waals surface area (Å²) in [5.74, 6) is 0.0560. The third-order valence-electron chi connectivity index (χ3n) is 3.12. The van der Waals surface area contributed by atoms with Crippen molar-refractivity contribution in [2.45, 2.75) is 20.4 Å². The third-order valence-corrected chi connectivity index (χ3v) is 4.04. The third kappa shape index (κ3) is 3.39. The summed E-state index contributed by atoms with van der Waals surface area (Å²) < 4.78 is 24.0. The van der Waals surface area contributed by atoms with E-state index < -0.39 is 9.84 Å². The Labute approximate surface area is 119 Å². The number of rotatable bonds is 4. The number of hydrogen-bond acceptors (Lipinski definition) is 4. The van der Waals surface area contributed by atoms with Crippen LogP contribution in [-0.2, 0) is 16.4 Å². The summed E-state index contributed by atoms with van der Waals surface area (Å²) in [6, 6.07) is 6.08. The summed E-state index contributed by atoms with van der Waals surface area (Å²) in [7, 11) is -3.01. The van der Waals surface area contributed by atoms with E-state index in [4.69, 9.17) is 5.73 Å². The second kappa shape index (κ2) is 5.28. The molecule has 1 aromatic carbocycles. The first-order valence-corrected chi connectivity index (χ1v) is 8.40. The van der Waals surface area contributed by atoms with Crippen molar-refractivity contribution in [2.75, 3.05) is 17.7 Å². The van der Waals surface area contributed by atoms with Gasteiger partial charge in [0.2, 0.25) is 0 Å². The predicted octanol–water partition coefficient (Wildman–Crippen LogP) is 1.79. The van der Waals surface area contributed by atoms with Crippen LogP contribution in [0.5, 0.6) is 0 Å². The van der Waals surface area contributed by atoms with Crippen molar-refractivity contribution in [1.29, 1.82) is 0 Å². The van der Waals surface area contributed by atoms with Crippen LogP contribution in [0.25, 0.3) is 11.3 Å². The van der Waals surface area contributed by atoms with Crippen molar-refractivity contribution in [3.05, 3.63) is 35.5 Å². The molecule has 0 saturated carbocycles. The van der Waals surface area contributed by atoms with E-state index in [-0.39, 0.29) is 5.75 Å². The van der Waals surface area contributed by atoms with Crippen molar-refractivity contribution >= 4 is 15.5 Å². The average molecular weight is 293 g/mol. The van der Waals surface area contributed by atoms with Gasteiger partial charge in [-0.3, -0.25) is 4.68 Å². The van der Waals surface area contributed by atoms with Gasteiger partial charge in [-0.2, -0.15) is 5.10 Å². The van der Waals surface area contributed by atoms with Gasteiger partial charge in [-0.05, 0) is 19.4 Å². The number of benzene rings is 1. The molecule has 2 N–H and O–H groups in total. The Morgan fingerprint density at radius 2 is 2.00 bits per heavy atom. The molecule has 0 radical (unpaired) electrons. The van der Waals surface area contributed by atoms with E-state index in [2.05, 4.69) is 11.2 Å². The van der Waals surface area contributed by atoms with E-state index in [0.717, 1.165) is 11.1 Å². The molecule has 0 unspecified atom stereocenters. The van der Waals surface area contributed by atoms with Gasteiger partial charge in [-0.15, -0.1) is 0 Å². The number of sulfone groups is 1. The highest BCUT2D eigenvalue weighted by Gasteiger charge is 2.12. The van der Waals surface area contributed by atoms with Gasteiger partial charge in [-0.25, -0.2) is 8.42 Å². The highest BCUT2D eigenvalue weighted by atomic mass is 32.2. The summed E-state index contributed by atoms with van der Waals surface area (Å²) >= 11 is 0. The van der Waals surface area contributed by atoms with Crippen LogP contribution in [0.4, 0.5) is 5.69 Å². The molecule has 2 aromatic rings. The maximum absolute atomic E-state index is 11.2. The van der Waals surface area contributed by atoms with E-state index in [0.29, 0.717) is 17.9 Å². The number of anilines is 1. The molecule has 108 valence electrons. The maximum Gasteiger partial charge on any atom is 0.149 e. The lowest BCUT2D eigenvalue weighted by atomic mass is 10.0. The van der Waals surface area contributed by atoms with E-state index >= 15 is 0 Å². The molecule has 1 heterocycles. The molecular formula is C14H19N3O2S. The lowest BCUT2D eigenvalue weighted by Crippen LogP contribution is -2.11. The fourth-order valence-electron chi connectivity index (χ4n) is 2.10. The summed E-state index contributed by atoms with van der Waals surface area (Å²) in [4.78, 5) is 0. The number of nitrogens with zero attached hydrogens (tertiary/aromatic N) is 2. The highest BCUT2D eigenvalue weighted by molar-refractivity contribution is 7.90. The highest BCUT2D eigenvalue weighted by Crippen LogP contribution is 2.27. The number of nitrogen functional groups attached to an aromatic ring is 1. The molecule has 2 rings (SSSR count). The Balaban J connectivity index is 2.32. The van der Waals surface area contributed by atoms with Crippen molar-refractivity contribution in [2.24, 2.45) is 0 Å². The van der Waals surface area contributed by atoms with Gasteiger partial charge in [0.1, 0.15) is 15.5 Å². The Morgan fingerprint density at radius 3 is 2.60 bits per heavy atom. The first-order valence-electron chi connectivity index (χ1n) is 6.34. The van der Waals surface area contributed by atoms with Gasteiger partial charge in [0.15, 0.2) is 0 Å². The lowest BCUT2D eigenvalue weighted by molar-refractivity contribution is 0.586. The minimum absolute atomic E-state index is 0.0560. The Kier molecular flexibility index (Phi) is 3.85. The minimum Gasteiger partial charge on any atom is -0.396 e. The molecule has 0 aliphatic rings. The monoisotopic (exact) mass is 293 g/mol. The van der Waals surface area contributed by atoms with Crippen molar-refractivity contribution < 1.29 is 8.42 Å². The second-order valence-corrected chi connectivity index (χ2v) is 7.40. The molecule has 6 heteroatoms. The van der Waals surface area contributed by atoms with Crippen LogP contribution in [0, 0.1) is 13.8 Å². The fourth-order valence-corrected chi connectivity index (χ4v) is 2.62. The Bertz CT molecular complexity index is 733. The van der Waals surface area contributed by atoms with Crippen molar-refractivity contribution in [3.63, 3.8) is 0 Å². The first-order chi connectivity index (χ1) is 9.26. The number of aryl methyl sites for hydroxylation is 3. The molecule has 1 aromatic heterocycles. The van der Waals surface area contributed by atoms with Crippen LogP contribution in [0.3, 0.4) is 0 Å². The zero-order valence-corrected chi connectivity index (χ0v) is 12.7. The number of hydrogen-bond donors (Lipinski definition) is 1. The standard InChI is InChI=1S/C14H19N3O2S/c1-10-4-5-12(11(2)8-10)14-13(15)9-17(16-14)6-7-20(3,18)19/h4-5,8-9H,6-7,15H2,1-3H3. The van der Waals surface area contributed by atoms with E-state index in [1.54, 1.807) is 10.9 Å². The molecule has 0 atom stereocenters. The molecule has 0 spiro atoms. The molecule has 0 saturated heterocycles. The number of nitrogens with two attached hydrogens (primary N) is 1. The summed E-state index contributed by atoms with van der Waals surface area (Å²) in [5, 5.41) is 4.40. The van der Waals surface area contributed by atoms with Crippen LogP contribution in [0.2, 0.25) is 0 Å². The van der Waals surface area contributed by atoms with Gasteiger partial charge in [0.05, 0.1) is 18.0 Å². The summed E-state index contributed by atoms with van der Waals surface area (Å²) in [6.45, 7) is 4.36. The van der Waals surface area contributed by atoms with Crippen molar-refractivity contribution in [1.82, 2.24) is 9.78 Å². The largest absolute Gasteiger partial charge is 0.396 e. The maximum atomic E-state index is 11.2. The molecule has 0 bridgehead atoms. The molecule has 0 aliphatic heterocycles. The average Bonchev–Trinajstić information content (AvgIpc) is 2.67. The fraction of sp³-hybridized carbons (Fsp3) is 0.357. The first kappa shape index (κ1) is 14.6. The van der Waals surface area contributed by atoms with Gasteiger partial charge in [-0.1, -0.05) is 23.8 Å². The molecule has 0 fully saturated rings. The van der Waals surface area contributed by atoms with Gasteiger partial charge >= 0.3 is 0 Å².